The molecule has 0 spiro atoms. The van der Waals surface area contributed by atoms with Crippen LogP contribution in [0, 0.1) is 11.8 Å². The lowest BCUT2D eigenvalue weighted by atomic mass is 9.90. The smallest absolute Gasteiger partial charge is 0.0295 e. The van der Waals surface area contributed by atoms with Gasteiger partial charge in [0.1, 0.15) is 0 Å². The zero-order valence-corrected chi connectivity index (χ0v) is 7.35. The molecule has 0 heterocycles. The molecule has 0 saturated carbocycles. The molecule has 0 heteroatoms. The van der Waals surface area contributed by atoms with Gasteiger partial charge in [-0.05, 0) is 38.0 Å². The van der Waals surface area contributed by atoms with Gasteiger partial charge in [0.25, 0.3) is 0 Å². The first-order chi connectivity index (χ1) is 4.70. The van der Waals surface area contributed by atoms with Crippen molar-refractivity contribution in [3.8, 4) is 0 Å². The third-order valence-corrected chi connectivity index (χ3v) is 2.73. The van der Waals surface area contributed by atoms with E-state index in [0.29, 0.717) is 0 Å². The van der Waals surface area contributed by atoms with Crippen molar-refractivity contribution in [2.75, 3.05) is 0 Å². The fourth-order valence-corrected chi connectivity index (χ4v) is 1.67. The van der Waals surface area contributed by atoms with Gasteiger partial charge in [-0.1, -0.05) is 25.5 Å². The monoisotopic (exact) mass is 138 g/mol. The summed E-state index contributed by atoms with van der Waals surface area (Å²) < 4.78 is 0. The summed E-state index contributed by atoms with van der Waals surface area (Å²) >= 11 is 0. The molecule has 0 aliphatic heterocycles. The van der Waals surface area contributed by atoms with Crippen LogP contribution in [-0.4, -0.2) is 0 Å². The molecule has 0 nitrogen and oxygen atoms in total. The van der Waals surface area contributed by atoms with Crippen molar-refractivity contribution in [3.05, 3.63) is 11.6 Å². The van der Waals surface area contributed by atoms with Crippen LogP contribution in [0.4, 0.5) is 0 Å². The topological polar surface area (TPSA) is 0 Å². The second kappa shape index (κ2) is 3.23. The lowest BCUT2D eigenvalue weighted by Crippen LogP contribution is -2.05. The molecule has 1 aliphatic rings. The lowest BCUT2D eigenvalue weighted by Gasteiger charge is -2.15. The van der Waals surface area contributed by atoms with Gasteiger partial charge in [0.15, 0.2) is 0 Å². The van der Waals surface area contributed by atoms with Crippen molar-refractivity contribution >= 4 is 0 Å². The standard InChI is InChI=1S/C10H18/c1-8-5-4-6-9(2)10(3)7-8/h5,9-10H,4,6-7H2,1-3H3. The summed E-state index contributed by atoms with van der Waals surface area (Å²) in [6, 6.07) is 0. The Morgan fingerprint density at radius 1 is 1.30 bits per heavy atom. The highest BCUT2D eigenvalue weighted by atomic mass is 14.2. The molecule has 0 N–H and O–H groups in total. The van der Waals surface area contributed by atoms with E-state index in [1.807, 2.05) is 0 Å². The molecule has 1 rings (SSSR count). The maximum atomic E-state index is 2.40. The predicted octanol–water partition coefficient (Wildman–Crippen LogP) is 3.39. The summed E-state index contributed by atoms with van der Waals surface area (Å²) in [5.41, 5.74) is 1.59. The number of hydrogen-bond acceptors (Lipinski definition) is 0. The van der Waals surface area contributed by atoms with E-state index in [1.165, 1.54) is 19.3 Å². The first-order valence-corrected chi connectivity index (χ1v) is 4.36. The number of allylic oxidation sites excluding steroid dienone is 2. The van der Waals surface area contributed by atoms with Gasteiger partial charge in [-0.2, -0.15) is 0 Å². The molecule has 1 aliphatic carbocycles. The molecule has 2 unspecified atom stereocenters. The van der Waals surface area contributed by atoms with Gasteiger partial charge >= 0.3 is 0 Å². The van der Waals surface area contributed by atoms with E-state index >= 15 is 0 Å². The van der Waals surface area contributed by atoms with Gasteiger partial charge in [-0.25, -0.2) is 0 Å². The molecular weight excluding hydrogens is 120 g/mol. The van der Waals surface area contributed by atoms with Crippen molar-refractivity contribution < 1.29 is 0 Å². The molecule has 0 aromatic heterocycles. The second-order valence-electron chi connectivity index (χ2n) is 3.79. The Hall–Kier alpha value is -0.260. The molecule has 0 saturated heterocycles. The van der Waals surface area contributed by atoms with E-state index in [9.17, 15) is 0 Å². The molecule has 10 heavy (non-hydrogen) atoms. The summed E-state index contributed by atoms with van der Waals surface area (Å²) in [7, 11) is 0. The molecule has 58 valence electrons. The average molecular weight is 138 g/mol. The van der Waals surface area contributed by atoms with Crippen molar-refractivity contribution in [1.82, 2.24) is 0 Å². The summed E-state index contributed by atoms with van der Waals surface area (Å²) in [4.78, 5) is 0. The van der Waals surface area contributed by atoms with E-state index in [2.05, 4.69) is 26.8 Å². The van der Waals surface area contributed by atoms with E-state index in [1.54, 1.807) is 5.57 Å². The molecule has 0 radical (unpaired) electrons. The maximum Gasteiger partial charge on any atom is -0.0295 e. The van der Waals surface area contributed by atoms with Crippen LogP contribution in [0.5, 0.6) is 0 Å². The molecule has 0 bridgehead atoms. The Kier molecular flexibility index (Phi) is 2.53. The molecule has 0 aromatic carbocycles. The Bertz CT molecular complexity index is 133. The second-order valence-corrected chi connectivity index (χ2v) is 3.79. The van der Waals surface area contributed by atoms with Crippen LogP contribution in [0.25, 0.3) is 0 Å². The minimum absolute atomic E-state index is 0.902. The summed E-state index contributed by atoms with van der Waals surface area (Å²) in [6.07, 6.45) is 6.41. The summed E-state index contributed by atoms with van der Waals surface area (Å²) in [6.45, 7) is 7.00. The van der Waals surface area contributed by atoms with E-state index in [0.717, 1.165) is 11.8 Å². The van der Waals surface area contributed by atoms with Gasteiger partial charge in [-0.3, -0.25) is 0 Å². The van der Waals surface area contributed by atoms with Crippen molar-refractivity contribution in [1.29, 1.82) is 0 Å². The normalized spacial score (nSPS) is 34.9. The molecule has 0 aromatic rings. The van der Waals surface area contributed by atoms with Gasteiger partial charge < -0.3 is 0 Å². The third-order valence-electron chi connectivity index (χ3n) is 2.73. The SMILES string of the molecule is CC1=CCCC(C)C(C)C1. The van der Waals surface area contributed by atoms with Crippen molar-refractivity contribution in [2.45, 2.75) is 40.0 Å². The highest BCUT2D eigenvalue weighted by molar-refractivity contribution is 5.01. The van der Waals surface area contributed by atoms with Gasteiger partial charge in [0, 0.05) is 0 Å². The quantitative estimate of drug-likeness (QED) is 0.450. The van der Waals surface area contributed by atoms with Crippen LogP contribution in [0.2, 0.25) is 0 Å². The zero-order chi connectivity index (χ0) is 7.56. The number of hydrogen-bond donors (Lipinski definition) is 0. The molecule has 0 amide bonds. The Balaban J connectivity index is 2.53. The van der Waals surface area contributed by atoms with Gasteiger partial charge in [0.2, 0.25) is 0 Å². The highest BCUT2D eigenvalue weighted by Crippen LogP contribution is 2.27. The molecule has 2 atom stereocenters. The fourth-order valence-electron chi connectivity index (χ4n) is 1.67. The fraction of sp³-hybridized carbons (Fsp3) is 0.800. The average Bonchev–Trinajstić information content (AvgIpc) is 1.96. The van der Waals surface area contributed by atoms with Crippen molar-refractivity contribution in [3.63, 3.8) is 0 Å². The van der Waals surface area contributed by atoms with E-state index < -0.39 is 0 Å². The Labute approximate surface area is 64.3 Å². The largest absolute Gasteiger partial charge is 0.0856 e. The summed E-state index contributed by atoms with van der Waals surface area (Å²) in [5.74, 6) is 1.83. The van der Waals surface area contributed by atoms with Crippen LogP contribution in [-0.2, 0) is 0 Å². The Morgan fingerprint density at radius 2 is 2.00 bits per heavy atom. The Morgan fingerprint density at radius 3 is 2.70 bits per heavy atom. The predicted molar refractivity (Wildman–Crippen MR) is 45.9 cm³/mol. The summed E-state index contributed by atoms with van der Waals surface area (Å²) in [5, 5.41) is 0. The highest BCUT2D eigenvalue weighted by Gasteiger charge is 2.14. The minimum atomic E-state index is 0.902. The minimum Gasteiger partial charge on any atom is -0.0856 e. The molecular formula is C10H18. The first kappa shape index (κ1) is 7.84. The lowest BCUT2D eigenvalue weighted by molar-refractivity contribution is 0.374. The first-order valence-electron chi connectivity index (χ1n) is 4.36. The van der Waals surface area contributed by atoms with Crippen LogP contribution < -0.4 is 0 Å². The number of rotatable bonds is 0. The van der Waals surface area contributed by atoms with Crippen LogP contribution >= 0.6 is 0 Å². The third kappa shape index (κ3) is 1.86. The molecule has 0 fully saturated rings. The van der Waals surface area contributed by atoms with Gasteiger partial charge in [0.05, 0.1) is 0 Å². The zero-order valence-electron chi connectivity index (χ0n) is 7.35. The maximum absolute atomic E-state index is 2.40. The van der Waals surface area contributed by atoms with E-state index in [4.69, 9.17) is 0 Å². The van der Waals surface area contributed by atoms with Crippen LogP contribution in [0.15, 0.2) is 11.6 Å². The van der Waals surface area contributed by atoms with Crippen LogP contribution in [0.3, 0.4) is 0 Å². The van der Waals surface area contributed by atoms with Gasteiger partial charge in [-0.15, -0.1) is 0 Å². The van der Waals surface area contributed by atoms with E-state index in [-0.39, 0.29) is 0 Å². The van der Waals surface area contributed by atoms with Crippen molar-refractivity contribution in [2.24, 2.45) is 11.8 Å². The van der Waals surface area contributed by atoms with Crippen LogP contribution in [0.1, 0.15) is 40.0 Å².